The molecule has 8 heteroatoms. The van der Waals surface area contributed by atoms with Crippen molar-refractivity contribution in [3.8, 4) is 0 Å². The number of hydrogen-bond acceptors (Lipinski definition) is 4. The number of aromatic nitrogens is 2. The standard InChI is InChI=1S/C12H18ClN3O4/c1-7(16-6-8(13)5-14-16)9(10(17)18)15-11(19)20-12(2,3)4/h5-7,9H,1-4H3,(H,15,19)(H,17,18). The van der Waals surface area contributed by atoms with Crippen molar-refractivity contribution in [1.82, 2.24) is 15.1 Å². The molecule has 0 radical (unpaired) electrons. The number of nitrogens with zero attached hydrogens (tertiary/aromatic N) is 2. The summed E-state index contributed by atoms with van der Waals surface area (Å²) in [5.41, 5.74) is -0.703. The Balaban J connectivity index is 2.79. The minimum Gasteiger partial charge on any atom is -0.480 e. The molecule has 112 valence electrons. The van der Waals surface area contributed by atoms with Crippen molar-refractivity contribution in [3.63, 3.8) is 0 Å². The van der Waals surface area contributed by atoms with Gasteiger partial charge >= 0.3 is 12.1 Å². The van der Waals surface area contributed by atoms with Crippen molar-refractivity contribution in [3.05, 3.63) is 17.4 Å². The number of carboxylic acid groups (broad SMARTS) is 1. The molecule has 0 aromatic carbocycles. The quantitative estimate of drug-likeness (QED) is 0.888. The lowest BCUT2D eigenvalue weighted by atomic mass is 10.1. The monoisotopic (exact) mass is 303 g/mol. The van der Waals surface area contributed by atoms with Crippen LogP contribution in [0.4, 0.5) is 4.79 Å². The molecule has 1 aromatic rings. The number of carbonyl (C=O) groups excluding carboxylic acids is 1. The zero-order valence-corrected chi connectivity index (χ0v) is 12.5. The van der Waals surface area contributed by atoms with Crippen LogP contribution in [0.1, 0.15) is 33.7 Å². The maximum Gasteiger partial charge on any atom is 0.408 e. The summed E-state index contributed by atoms with van der Waals surface area (Å²) in [4.78, 5) is 22.9. The predicted molar refractivity (Wildman–Crippen MR) is 72.7 cm³/mol. The molecule has 2 atom stereocenters. The van der Waals surface area contributed by atoms with Gasteiger partial charge in [0.1, 0.15) is 5.60 Å². The summed E-state index contributed by atoms with van der Waals surface area (Å²) in [5.74, 6) is -1.19. The van der Waals surface area contributed by atoms with Crippen LogP contribution in [0.25, 0.3) is 0 Å². The van der Waals surface area contributed by atoms with Crippen LogP contribution < -0.4 is 5.32 Å². The molecule has 1 heterocycles. The summed E-state index contributed by atoms with van der Waals surface area (Å²) >= 11 is 5.74. The van der Waals surface area contributed by atoms with Gasteiger partial charge in [0.15, 0.2) is 6.04 Å². The van der Waals surface area contributed by atoms with E-state index in [0.29, 0.717) is 5.02 Å². The second-order valence-corrected chi connectivity index (χ2v) is 5.78. The SMILES string of the molecule is CC(C(NC(=O)OC(C)(C)C)C(=O)O)n1cc(Cl)cn1. The smallest absolute Gasteiger partial charge is 0.408 e. The highest BCUT2D eigenvalue weighted by Crippen LogP contribution is 2.15. The van der Waals surface area contributed by atoms with Gasteiger partial charge in [-0.25, -0.2) is 9.59 Å². The molecule has 0 saturated carbocycles. The van der Waals surface area contributed by atoms with Crippen LogP contribution >= 0.6 is 11.6 Å². The zero-order valence-electron chi connectivity index (χ0n) is 11.8. The Morgan fingerprint density at radius 1 is 1.50 bits per heavy atom. The van der Waals surface area contributed by atoms with Gasteiger partial charge in [0.05, 0.1) is 17.3 Å². The van der Waals surface area contributed by atoms with E-state index in [0.717, 1.165) is 0 Å². The van der Waals surface area contributed by atoms with E-state index in [-0.39, 0.29) is 0 Å². The maximum atomic E-state index is 11.7. The largest absolute Gasteiger partial charge is 0.480 e. The topological polar surface area (TPSA) is 93.5 Å². The molecule has 0 fully saturated rings. The second-order valence-electron chi connectivity index (χ2n) is 5.34. The molecule has 0 saturated heterocycles. The number of carboxylic acids is 1. The van der Waals surface area contributed by atoms with Crippen LogP contribution in [0.5, 0.6) is 0 Å². The first-order chi connectivity index (χ1) is 9.10. The second kappa shape index (κ2) is 6.13. The maximum absolute atomic E-state index is 11.7. The van der Waals surface area contributed by atoms with E-state index in [9.17, 15) is 14.7 Å². The number of alkyl carbamates (subject to hydrolysis) is 1. The summed E-state index contributed by atoms with van der Waals surface area (Å²) in [6, 6.07) is -1.80. The molecule has 1 amide bonds. The summed E-state index contributed by atoms with van der Waals surface area (Å²) in [6.45, 7) is 6.69. The molecule has 0 aliphatic carbocycles. The number of carbonyl (C=O) groups is 2. The van der Waals surface area contributed by atoms with Gasteiger partial charge in [-0.15, -0.1) is 0 Å². The van der Waals surface area contributed by atoms with E-state index in [1.54, 1.807) is 27.7 Å². The molecule has 2 unspecified atom stereocenters. The predicted octanol–water partition coefficient (Wildman–Crippen LogP) is 2.08. The molecule has 0 bridgehead atoms. The highest BCUT2D eigenvalue weighted by molar-refractivity contribution is 6.30. The van der Waals surface area contributed by atoms with E-state index in [1.807, 2.05) is 0 Å². The highest BCUT2D eigenvalue weighted by Gasteiger charge is 2.30. The van der Waals surface area contributed by atoms with E-state index >= 15 is 0 Å². The third-order valence-corrected chi connectivity index (χ3v) is 2.60. The number of ether oxygens (including phenoxy) is 1. The van der Waals surface area contributed by atoms with Crippen LogP contribution in [0.15, 0.2) is 12.4 Å². The van der Waals surface area contributed by atoms with Crippen molar-refractivity contribution in [2.75, 3.05) is 0 Å². The molecule has 20 heavy (non-hydrogen) atoms. The third kappa shape index (κ3) is 4.73. The first-order valence-electron chi connectivity index (χ1n) is 6.02. The number of halogens is 1. The number of rotatable bonds is 4. The van der Waals surface area contributed by atoms with Gasteiger partial charge in [0.2, 0.25) is 0 Å². The Kier molecular flexibility index (Phi) is 4.99. The van der Waals surface area contributed by atoms with Crippen LogP contribution in [0.2, 0.25) is 5.02 Å². The van der Waals surface area contributed by atoms with Crippen molar-refractivity contribution in [2.45, 2.75) is 45.4 Å². The Hall–Kier alpha value is -1.76. The Morgan fingerprint density at radius 3 is 2.50 bits per heavy atom. The summed E-state index contributed by atoms with van der Waals surface area (Å²) in [7, 11) is 0. The number of aliphatic carboxylic acids is 1. The van der Waals surface area contributed by atoms with E-state index in [2.05, 4.69) is 10.4 Å². The molecule has 0 spiro atoms. The lowest BCUT2D eigenvalue weighted by molar-refractivity contribution is -0.140. The lowest BCUT2D eigenvalue weighted by Crippen LogP contribution is -2.47. The zero-order chi connectivity index (χ0) is 15.5. The van der Waals surface area contributed by atoms with Gasteiger partial charge in [-0.05, 0) is 27.7 Å². The molecule has 0 aliphatic heterocycles. The Bertz CT molecular complexity index is 495. The first kappa shape index (κ1) is 16.3. The number of hydrogen-bond donors (Lipinski definition) is 2. The molecular formula is C12H18ClN3O4. The van der Waals surface area contributed by atoms with Crippen LogP contribution in [-0.2, 0) is 9.53 Å². The molecule has 7 nitrogen and oxygen atoms in total. The van der Waals surface area contributed by atoms with Crippen molar-refractivity contribution < 1.29 is 19.4 Å². The van der Waals surface area contributed by atoms with E-state index in [4.69, 9.17) is 16.3 Å². The summed E-state index contributed by atoms with van der Waals surface area (Å²) < 4.78 is 6.41. The van der Waals surface area contributed by atoms with Gasteiger partial charge in [0.25, 0.3) is 0 Å². The average molecular weight is 304 g/mol. The summed E-state index contributed by atoms with van der Waals surface area (Å²) in [6.07, 6.45) is 2.08. The fourth-order valence-corrected chi connectivity index (χ4v) is 1.66. The van der Waals surface area contributed by atoms with Gasteiger partial charge in [-0.3, -0.25) is 4.68 Å². The molecular weight excluding hydrogens is 286 g/mol. The van der Waals surface area contributed by atoms with Crippen molar-refractivity contribution in [1.29, 1.82) is 0 Å². The Morgan fingerprint density at radius 2 is 2.10 bits per heavy atom. The van der Waals surface area contributed by atoms with E-state index in [1.165, 1.54) is 17.1 Å². The van der Waals surface area contributed by atoms with Gasteiger partial charge in [-0.2, -0.15) is 5.10 Å². The molecule has 1 aromatic heterocycles. The number of amides is 1. The minimum absolute atomic E-state index is 0.387. The number of nitrogens with one attached hydrogen (secondary N) is 1. The highest BCUT2D eigenvalue weighted by atomic mass is 35.5. The first-order valence-corrected chi connectivity index (χ1v) is 6.40. The van der Waals surface area contributed by atoms with E-state index < -0.39 is 29.7 Å². The van der Waals surface area contributed by atoms with Gasteiger partial charge in [0, 0.05) is 6.20 Å². The fourth-order valence-electron chi connectivity index (χ4n) is 1.51. The normalized spacial score (nSPS) is 14.4. The average Bonchev–Trinajstić information content (AvgIpc) is 2.69. The van der Waals surface area contributed by atoms with Crippen molar-refractivity contribution >= 4 is 23.7 Å². The Labute approximate surface area is 121 Å². The van der Waals surface area contributed by atoms with Gasteiger partial charge < -0.3 is 15.2 Å². The van der Waals surface area contributed by atoms with Crippen molar-refractivity contribution in [2.24, 2.45) is 0 Å². The molecule has 1 rings (SSSR count). The van der Waals surface area contributed by atoms with Crippen LogP contribution in [0, 0.1) is 0 Å². The van der Waals surface area contributed by atoms with Crippen LogP contribution in [0.3, 0.4) is 0 Å². The minimum atomic E-state index is -1.19. The van der Waals surface area contributed by atoms with Gasteiger partial charge in [-0.1, -0.05) is 11.6 Å². The third-order valence-electron chi connectivity index (χ3n) is 2.41. The van der Waals surface area contributed by atoms with Crippen LogP contribution in [-0.4, -0.2) is 38.6 Å². The summed E-state index contributed by atoms with van der Waals surface area (Å²) in [5, 5.41) is 15.8. The lowest BCUT2D eigenvalue weighted by Gasteiger charge is -2.25. The molecule has 2 N–H and O–H groups in total. The fraction of sp³-hybridized carbons (Fsp3) is 0.583. The molecule has 0 aliphatic rings.